The molecule has 11 heteroatoms. The van der Waals surface area contributed by atoms with E-state index in [2.05, 4.69) is 4.99 Å². The van der Waals surface area contributed by atoms with Crippen molar-refractivity contribution in [3.05, 3.63) is 58.4 Å². The third-order valence-corrected chi connectivity index (χ3v) is 8.82. The normalized spacial score (nSPS) is 12.7. The van der Waals surface area contributed by atoms with E-state index >= 15 is 0 Å². The predicted molar refractivity (Wildman–Crippen MR) is 157 cm³/mol. The van der Waals surface area contributed by atoms with Crippen LogP contribution in [0.2, 0.25) is 0 Å². The third kappa shape index (κ3) is 7.87. The molecule has 1 aromatic heterocycles. The molecule has 9 nitrogen and oxygen atoms in total. The van der Waals surface area contributed by atoms with Crippen LogP contribution in [0.15, 0.2) is 52.4 Å². The summed E-state index contributed by atoms with van der Waals surface area (Å²) in [7, 11) is -3.71. The van der Waals surface area contributed by atoms with Gasteiger partial charge in [-0.15, -0.1) is 0 Å². The zero-order valence-corrected chi connectivity index (χ0v) is 25.7. The van der Waals surface area contributed by atoms with Gasteiger partial charge in [-0.05, 0) is 68.1 Å². The Hall–Kier alpha value is -2.86. The van der Waals surface area contributed by atoms with E-state index in [4.69, 9.17) is 9.47 Å². The highest BCUT2D eigenvalue weighted by atomic mass is 32.2. The van der Waals surface area contributed by atoms with E-state index in [9.17, 15) is 18.0 Å². The van der Waals surface area contributed by atoms with Gasteiger partial charge in [-0.3, -0.25) is 4.79 Å². The Morgan fingerprint density at radius 2 is 1.57 bits per heavy atom. The maximum Gasteiger partial charge on any atom is 0.338 e. The number of nitrogens with zero attached hydrogens (tertiary/aromatic N) is 3. The van der Waals surface area contributed by atoms with Gasteiger partial charge in [-0.2, -0.15) is 9.30 Å². The third-order valence-electron chi connectivity index (χ3n) is 5.93. The number of hydrogen-bond acceptors (Lipinski definition) is 7. The van der Waals surface area contributed by atoms with Gasteiger partial charge in [0.2, 0.25) is 10.0 Å². The zero-order chi connectivity index (χ0) is 29.4. The van der Waals surface area contributed by atoms with Crippen LogP contribution in [-0.2, 0) is 26.0 Å². The van der Waals surface area contributed by atoms with Crippen molar-refractivity contribution in [1.29, 1.82) is 0 Å². The van der Waals surface area contributed by atoms with Gasteiger partial charge in [0.15, 0.2) is 4.80 Å². The highest BCUT2D eigenvalue weighted by Gasteiger charge is 2.26. The van der Waals surface area contributed by atoms with E-state index in [1.165, 1.54) is 39.9 Å². The van der Waals surface area contributed by atoms with Crippen molar-refractivity contribution in [1.82, 2.24) is 8.87 Å². The molecule has 0 bridgehead atoms. The summed E-state index contributed by atoms with van der Waals surface area (Å²) in [4.78, 5) is 30.4. The Morgan fingerprint density at radius 1 is 0.950 bits per heavy atom. The summed E-state index contributed by atoms with van der Waals surface area (Å²) in [6.07, 6.45) is 0. The summed E-state index contributed by atoms with van der Waals surface area (Å²) < 4.78 is 41.5. The molecule has 3 rings (SSSR count). The van der Waals surface area contributed by atoms with E-state index < -0.39 is 21.9 Å². The van der Waals surface area contributed by atoms with Crippen LogP contribution in [0.4, 0.5) is 0 Å². The number of thiazole rings is 1. The predicted octanol–water partition coefficient (Wildman–Crippen LogP) is 4.96. The number of ether oxygens (including phenoxy) is 2. The van der Waals surface area contributed by atoms with Crippen molar-refractivity contribution in [2.45, 2.75) is 53.0 Å². The first-order chi connectivity index (χ1) is 19.0. The second-order valence-electron chi connectivity index (χ2n) is 10.2. The van der Waals surface area contributed by atoms with Gasteiger partial charge in [0.25, 0.3) is 5.91 Å². The van der Waals surface area contributed by atoms with Crippen LogP contribution in [0, 0.1) is 11.8 Å². The molecule has 1 heterocycles. The molecule has 1 amide bonds. The highest BCUT2D eigenvalue weighted by Crippen LogP contribution is 2.22. The fourth-order valence-electron chi connectivity index (χ4n) is 4.17. The molecule has 0 aliphatic carbocycles. The second-order valence-corrected chi connectivity index (χ2v) is 13.1. The maximum atomic E-state index is 13.3. The Balaban J connectivity index is 1.96. The summed E-state index contributed by atoms with van der Waals surface area (Å²) in [6, 6.07) is 11.2. The van der Waals surface area contributed by atoms with E-state index in [-0.39, 0.29) is 28.9 Å². The molecule has 0 fully saturated rings. The molecule has 0 radical (unpaired) electrons. The van der Waals surface area contributed by atoms with Crippen LogP contribution >= 0.6 is 11.3 Å². The lowest BCUT2D eigenvalue weighted by molar-refractivity contribution is 0.0526. The van der Waals surface area contributed by atoms with Crippen LogP contribution in [0.5, 0.6) is 0 Å². The number of sulfonamides is 1. The Labute approximate surface area is 240 Å². The minimum absolute atomic E-state index is 0.144. The number of amides is 1. The SMILES string of the molecule is CCOCCn1c(=NC(=O)c2ccc(S(=O)(=O)N(CC(C)C)CC(C)C)cc2)sc2cc(C(=O)OCC)ccc21. The molecule has 0 unspecified atom stereocenters. The van der Waals surface area contributed by atoms with Gasteiger partial charge in [-0.1, -0.05) is 39.0 Å². The monoisotopic (exact) mass is 589 g/mol. The first-order valence-corrected chi connectivity index (χ1v) is 15.8. The summed E-state index contributed by atoms with van der Waals surface area (Å²) in [5.41, 5.74) is 1.52. The van der Waals surface area contributed by atoms with Crippen molar-refractivity contribution in [2.24, 2.45) is 16.8 Å². The Morgan fingerprint density at radius 3 is 2.15 bits per heavy atom. The number of carbonyl (C=O) groups excluding carboxylic acids is 2. The molecule has 0 atom stereocenters. The molecular formula is C29H39N3O6S2. The smallest absolute Gasteiger partial charge is 0.338 e. The minimum atomic E-state index is -3.71. The van der Waals surface area contributed by atoms with Gasteiger partial charge in [-0.25, -0.2) is 13.2 Å². The van der Waals surface area contributed by atoms with E-state index in [0.29, 0.717) is 43.2 Å². The largest absolute Gasteiger partial charge is 0.462 e. The lowest BCUT2D eigenvalue weighted by atomic mass is 10.2. The van der Waals surface area contributed by atoms with Crippen molar-refractivity contribution in [3.8, 4) is 0 Å². The molecule has 3 aromatic rings. The number of esters is 1. The van der Waals surface area contributed by atoms with Gasteiger partial charge in [0.05, 0.1) is 33.9 Å². The molecule has 0 spiro atoms. The molecule has 2 aromatic carbocycles. The summed E-state index contributed by atoms with van der Waals surface area (Å²) >= 11 is 1.29. The van der Waals surface area contributed by atoms with Crippen LogP contribution in [-0.4, -0.2) is 62.1 Å². The molecule has 40 heavy (non-hydrogen) atoms. The van der Waals surface area contributed by atoms with E-state index in [1.807, 2.05) is 45.3 Å². The number of hydrogen-bond donors (Lipinski definition) is 0. The van der Waals surface area contributed by atoms with Crippen molar-refractivity contribution < 1.29 is 27.5 Å². The zero-order valence-electron chi connectivity index (χ0n) is 24.0. The Kier molecular flexibility index (Phi) is 11.2. The second kappa shape index (κ2) is 14.2. The van der Waals surface area contributed by atoms with Crippen molar-refractivity contribution >= 4 is 43.5 Å². The number of fused-ring (bicyclic) bond motifs is 1. The standard InChI is InChI=1S/C29H39N3O6S2/c1-7-37-16-15-32-25-14-11-23(28(34)38-8-2)17-26(25)39-29(32)30-27(33)22-9-12-24(13-10-22)40(35,36)31(18-20(3)4)19-21(5)6/h9-14,17,20-21H,7-8,15-16,18-19H2,1-6H3. The molecular weight excluding hydrogens is 550 g/mol. The average Bonchev–Trinajstić information content (AvgIpc) is 3.24. The van der Waals surface area contributed by atoms with Gasteiger partial charge < -0.3 is 14.0 Å². The van der Waals surface area contributed by atoms with E-state index in [1.54, 1.807) is 19.1 Å². The van der Waals surface area contributed by atoms with Crippen LogP contribution in [0.1, 0.15) is 62.3 Å². The first kappa shape index (κ1) is 31.7. The number of rotatable bonds is 13. The maximum absolute atomic E-state index is 13.3. The topological polar surface area (TPSA) is 107 Å². The van der Waals surface area contributed by atoms with Crippen LogP contribution < -0.4 is 4.80 Å². The van der Waals surface area contributed by atoms with Gasteiger partial charge >= 0.3 is 5.97 Å². The van der Waals surface area contributed by atoms with Crippen molar-refractivity contribution in [3.63, 3.8) is 0 Å². The van der Waals surface area contributed by atoms with Gasteiger partial charge in [0.1, 0.15) is 0 Å². The summed E-state index contributed by atoms with van der Waals surface area (Å²) in [5.74, 6) is -0.550. The summed E-state index contributed by atoms with van der Waals surface area (Å²) in [5, 5.41) is 0. The molecule has 218 valence electrons. The molecule has 0 saturated carbocycles. The fourth-order valence-corrected chi connectivity index (χ4v) is 7.03. The molecule has 0 aliphatic heterocycles. The fraction of sp³-hybridized carbons (Fsp3) is 0.483. The lowest BCUT2D eigenvalue weighted by Crippen LogP contribution is -2.37. The Bertz CT molecular complexity index is 1480. The summed E-state index contributed by atoms with van der Waals surface area (Å²) in [6.45, 7) is 14.2. The minimum Gasteiger partial charge on any atom is -0.462 e. The average molecular weight is 590 g/mol. The van der Waals surface area contributed by atoms with Gasteiger partial charge in [0, 0.05) is 31.8 Å². The van der Waals surface area contributed by atoms with Crippen LogP contribution in [0.25, 0.3) is 10.2 Å². The van der Waals surface area contributed by atoms with Crippen LogP contribution in [0.3, 0.4) is 0 Å². The number of benzene rings is 2. The number of aromatic nitrogens is 1. The highest BCUT2D eigenvalue weighted by molar-refractivity contribution is 7.89. The van der Waals surface area contributed by atoms with E-state index in [0.717, 1.165) is 10.2 Å². The molecule has 0 aliphatic rings. The number of carbonyl (C=O) groups is 2. The molecule has 0 saturated heterocycles. The first-order valence-electron chi connectivity index (χ1n) is 13.5. The lowest BCUT2D eigenvalue weighted by Gasteiger charge is -2.25. The molecule has 0 N–H and O–H groups in total. The van der Waals surface area contributed by atoms with Crippen molar-refractivity contribution in [2.75, 3.05) is 32.9 Å². The quantitative estimate of drug-likeness (QED) is 0.206.